The van der Waals surface area contributed by atoms with E-state index in [1.807, 2.05) is 12.1 Å². The van der Waals surface area contributed by atoms with E-state index in [1.165, 1.54) is 38.2 Å². The Labute approximate surface area is 130 Å². The number of fused-ring (bicyclic) bond motifs is 1. The first kappa shape index (κ1) is 14.9. The van der Waals surface area contributed by atoms with Gasteiger partial charge in [0.05, 0.1) is 0 Å². The third kappa shape index (κ3) is 3.42. The van der Waals surface area contributed by atoms with Crippen LogP contribution in [0.2, 0.25) is 0 Å². The monoisotopic (exact) mass is 302 g/mol. The molecule has 0 aromatic heterocycles. The van der Waals surface area contributed by atoms with Gasteiger partial charge in [0.2, 0.25) is 5.75 Å². The quantitative estimate of drug-likeness (QED) is 0.799. The maximum atomic E-state index is 11.3. The smallest absolute Gasteiger partial charge is 0.276 e. The molecular weight excluding hydrogens is 280 g/mol. The number of rotatable bonds is 4. The normalized spacial score (nSPS) is 18.3. The minimum atomic E-state index is -0.340. The highest BCUT2D eigenvalue weighted by molar-refractivity contribution is 5.92. The molecule has 1 heterocycles. The topological polar surface area (TPSA) is 70.6 Å². The molecule has 0 spiro atoms. The first-order chi connectivity index (χ1) is 10.7. The van der Waals surface area contributed by atoms with Crippen LogP contribution in [0.3, 0.4) is 0 Å². The van der Waals surface area contributed by atoms with Gasteiger partial charge < -0.3 is 15.3 Å². The maximum Gasteiger partial charge on any atom is 0.276 e. The summed E-state index contributed by atoms with van der Waals surface area (Å²) in [6, 6.07) is 3.72. The molecule has 22 heavy (non-hydrogen) atoms. The fourth-order valence-electron chi connectivity index (χ4n) is 3.11. The molecule has 0 saturated heterocycles. The number of benzene rings is 1. The lowest BCUT2D eigenvalue weighted by Gasteiger charge is -2.22. The summed E-state index contributed by atoms with van der Waals surface area (Å²) in [6.45, 7) is 1.57. The van der Waals surface area contributed by atoms with Crippen molar-refractivity contribution in [2.75, 3.05) is 6.54 Å². The second-order valence-electron chi connectivity index (χ2n) is 6.03. The molecule has 3 rings (SSSR count). The molecule has 1 amide bonds. The van der Waals surface area contributed by atoms with Gasteiger partial charge in [-0.3, -0.25) is 4.79 Å². The first-order valence-electron chi connectivity index (χ1n) is 7.94. The lowest BCUT2D eigenvalue weighted by atomic mass is 9.89. The molecule has 0 radical (unpaired) electrons. The molecule has 1 fully saturated rings. The SMILES string of the molecule is O=C1C=Cc2ccc(CNCC3CCCCC3)c(O)c2ON1. The molecule has 2 aliphatic rings. The van der Waals surface area contributed by atoms with Gasteiger partial charge in [-0.15, -0.1) is 0 Å². The van der Waals surface area contributed by atoms with Crippen LogP contribution in [0.25, 0.3) is 6.08 Å². The van der Waals surface area contributed by atoms with Crippen molar-refractivity contribution in [3.05, 3.63) is 29.3 Å². The molecule has 118 valence electrons. The Morgan fingerprint density at radius 1 is 1.23 bits per heavy atom. The Morgan fingerprint density at radius 2 is 2.05 bits per heavy atom. The molecular formula is C17H22N2O3. The largest absolute Gasteiger partial charge is 0.504 e. The summed E-state index contributed by atoms with van der Waals surface area (Å²) in [6.07, 6.45) is 9.63. The van der Waals surface area contributed by atoms with E-state index in [9.17, 15) is 9.90 Å². The van der Waals surface area contributed by atoms with E-state index in [0.29, 0.717) is 17.9 Å². The van der Waals surface area contributed by atoms with Crippen molar-refractivity contribution in [2.24, 2.45) is 5.92 Å². The van der Waals surface area contributed by atoms with E-state index < -0.39 is 0 Å². The molecule has 0 unspecified atom stereocenters. The van der Waals surface area contributed by atoms with E-state index in [0.717, 1.165) is 18.0 Å². The number of phenolic OH excluding ortho intramolecular Hbond substituents is 1. The maximum absolute atomic E-state index is 11.3. The Bertz CT molecular complexity index is 578. The number of carbonyl (C=O) groups excluding carboxylic acids is 1. The van der Waals surface area contributed by atoms with Crippen LogP contribution in [-0.2, 0) is 11.3 Å². The van der Waals surface area contributed by atoms with Crippen LogP contribution < -0.4 is 15.6 Å². The van der Waals surface area contributed by atoms with Gasteiger partial charge in [0, 0.05) is 23.7 Å². The number of carbonyl (C=O) groups is 1. The van der Waals surface area contributed by atoms with Gasteiger partial charge in [-0.05, 0) is 31.4 Å². The zero-order valence-electron chi connectivity index (χ0n) is 12.6. The van der Waals surface area contributed by atoms with Crippen molar-refractivity contribution in [1.29, 1.82) is 0 Å². The van der Waals surface area contributed by atoms with Gasteiger partial charge in [-0.1, -0.05) is 31.4 Å². The van der Waals surface area contributed by atoms with Gasteiger partial charge in [-0.25, -0.2) is 0 Å². The van der Waals surface area contributed by atoms with Crippen LogP contribution in [0.5, 0.6) is 11.5 Å². The zero-order chi connectivity index (χ0) is 15.4. The highest BCUT2D eigenvalue weighted by atomic mass is 16.7. The Morgan fingerprint density at radius 3 is 2.86 bits per heavy atom. The van der Waals surface area contributed by atoms with Crippen LogP contribution in [0.4, 0.5) is 0 Å². The predicted octanol–water partition coefficient (Wildman–Crippen LogP) is 2.50. The summed E-state index contributed by atoms with van der Waals surface area (Å²) in [5.41, 5.74) is 3.73. The molecule has 5 heteroatoms. The molecule has 5 nitrogen and oxygen atoms in total. The van der Waals surface area contributed by atoms with Crippen LogP contribution in [-0.4, -0.2) is 17.6 Å². The molecule has 3 N–H and O–H groups in total. The lowest BCUT2D eigenvalue weighted by Crippen LogP contribution is -2.25. The minimum Gasteiger partial charge on any atom is -0.504 e. The van der Waals surface area contributed by atoms with E-state index in [-0.39, 0.29) is 11.7 Å². The Kier molecular flexibility index (Phi) is 4.63. The number of nitrogens with one attached hydrogen (secondary N) is 2. The van der Waals surface area contributed by atoms with Crippen molar-refractivity contribution in [3.8, 4) is 11.5 Å². The van der Waals surface area contributed by atoms with Crippen molar-refractivity contribution in [3.63, 3.8) is 0 Å². The zero-order valence-corrected chi connectivity index (χ0v) is 12.6. The first-order valence-corrected chi connectivity index (χ1v) is 7.94. The fraction of sp³-hybridized carbons (Fsp3) is 0.471. The third-order valence-electron chi connectivity index (χ3n) is 4.39. The van der Waals surface area contributed by atoms with Crippen LogP contribution >= 0.6 is 0 Å². The van der Waals surface area contributed by atoms with Crippen LogP contribution in [0.15, 0.2) is 18.2 Å². The number of hydrogen-bond donors (Lipinski definition) is 3. The molecule has 1 saturated carbocycles. The summed E-state index contributed by atoms with van der Waals surface area (Å²) in [7, 11) is 0. The van der Waals surface area contributed by atoms with Gasteiger partial charge >= 0.3 is 0 Å². The Hall–Kier alpha value is -2.01. The highest BCUT2D eigenvalue weighted by Gasteiger charge is 2.17. The number of hydrogen-bond acceptors (Lipinski definition) is 4. The van der Waals surface area contributed by atoms with Gasteiger partial charge in [-0.2, -0.15) is 5.48 Å². The number of phenols is 1. The van der Waals surface area contributed by atoms with Gasteiger partial charge in [0.1, 0.15) is 0 Å². The van der Waals surface area contributed by atoms with Crippen molar-refractivity contribution in [2.45, 2.75) is 38.6 Å². The molecule has 1 aliphatic heterocycles. The van der Waals surface area contributed by atoms with Crippen molar-refractivity contribution < 1.29 is 14.7 Å². The predicted molar refractivity (Wildman–Crippen MR) is 84.2 cm³/mol. The van der Waals surface area contributed by atoms with Crippen LogP contribution in [0.1, 0.15) is 43.2 Å². The Balaban J connectivity index is 1.63. The second-order valence-corrected chi connectivity index (χ2v) is 6.03. The molecule has 0 atom stereocenters. The van der Waals surface area contributed by atoms with Crippen molar-refractivity contribution in [1.82, 2.24) is 10.8 Å². The van der Waals surface area contributed by atoms with E-state index >= 15 is 0 Å². The molecule has 0 bridgehead atoms. The summed E-state index contributed by atoms with van der Waals surface area (Å²) >= 11 is 0. The summed E-state index contributed by atoms with van der Waals surface area (Å²) in [5, 5.41) is 13.8. The standard InChI is InChI=1S/C17H22N2O3/c20-15-9-8-13-6-7-14(16(21)17(13)22-19-15)11-18-10-12-4-2-1-3-5-12/h6-9,12,18,21H,1-5,10-11H2,(H,19,20). The van der Waals surface area contributed by atoms with E-state index in [4.69, 9.17) is 4.84 Å². The summed E-state index contributed by atoms with van der Waals surface area (Å²) < 4.78 is 0. The van der Waals surface area contributed by atoms with Crippen LogP contribution in [0, 0.1) is 5.92 Å². The highest BCUT2D eigenvalue weighted by Crippen LogP contribution is 2.35. The fourth-order valence-corrected chi connectivity index (χ4v) is 3.11. The second kappa shape index (κ2) is 6.83. The number of hydroxylamine groups is 1. The molecule has 1 aromatic carbocycles. The number of aromatic hydroxyl groups is 1. The lowest BCUT2D eigenvalue weighted by molar-refractivity contribution is -0.122. The molecule has 1 aliphatic carbocycles. The summed E-state index contributed by atoms with van der Waals surface area (Å²) in [5.74, 6) is 0.794. The molecule has 1 aromatic rings. The van der Waals surface area contributed by atoms with E-state index in [2.05, 4.69) is 10.8 Å². The van der Waals surface area contributed by atoms with E-state index in [1.54, 1.807) is 6.08 Å². The minimum absolute atomic E-state index is 0.0838. The average molecular weight is 302 g/mol. The van der Waals surface area contributed by atoms with Gasteiger partial charge in [0.25, 0.3) is 5.91 Å². The summed E-state index contributed by atoms with van der Waals surface area (Å²) in [4.78, 5) is 16.5. The van der Waals surface area contributed by atoms with Gasteiger partial charge in [0.15, 0.2) is 5.75 Å². The number of amides is 1. The third-order valence-corrected chi connectivity index (χ3v) is 4.39. The average Bonchev–Trinajstić information content (AvgIpc) is 2.73. The van der Waals surface area contributed by atoms with Crippen molar-refractivity contribution >= 4 is 12.0 Å².